The zero-order chi connectivity index (χ0) is 53.3. The number of carbonyl (C=O) groups excluding carboxylic acids is 1. The van der Waals surface area contributed by atoms with Gasteiger partial charge in [-0.15, -0.1) is 0 Å². The predicted octanol–water partition coefficient (Wildman–Crippen LogP) is 8.62. The predicted molar refractivity (Wildman–Crippen MR) is 287 cm³/mol. The van der Waals surface area contributed by atoms with Crippen LogP contribution < -0.4 is 29.1 Å². The zero-order valence-electron chi connectivity index (χ0n) is 43.5. The number of nitro benzene ring substituents is 1. The monoisotopic (exact) mass is 1080 g/mol. The third kappa shape index (κ3) is 10.3. The number of aromatic nitrogens is 2. The van der Waals surface area contributed by atoms with E-state index in [0.29, 0.717) is 67.7 Å². The summed E-state index contributed by atoms with van der Waals surface area (Å²) in [6.45, 7) is 9.43. The molecule has 4 N–H and O–H groups in total. The maximum atomic E-state index is 14.5. The molecule has 2 aromatic heterocycles. The van der Waals surface area contributed by atoms with Crippen LogP contribution in [-0.4, -0.2) is 121 Å². The average molecular weight is 1080 g/mol. The van der Waals surface area contributed by atoms with Crippen molar-refractivity contribution in [2.75, 3.05) is 55.9 Å². The molecule has 1 amide bonds. The van der Waals surface area contributed by atoms with Gasteiger partial charge in [0.1, 0.15) is 24.6 Å². The van der Waals surface area contributed by atoms with Crippen molar-refractivity contribution < 1.29 is 45.9 Å². The summed E-state index contributed by atoms with van der Waals surface area (Å²) in [5.74, 6) is -0.430. The van der Waals surface area contributed by atoms with Crippen LogP contribution in [0.5, 0.6) is 23.1 Å². The minimum Gasteiger partial charge on any atom is -0.489 e. The van der Waals surface area contributed by atoms with Gasteiger partial charge in [-0.1, -0.05) is 38.1 Å². The lowest BCUT2D eigenvalue weighted by molar-refractivity contribution is -0.384. The van der Waals surface area contributed by atoms with Crippen LogP contribution in [0.15, 0.2) is 77.8 Å². The number of aliphatic hydroxyl groups is 1. The number of hydrogen-bond donors (Lipinski definition) is 4. The number of rotatable bonds is 15. The van der Waals surface area contributed by atoms with E-state index in [1.165, 1.54) is 40.4 Å². The van der Waals surface area contributed by atoms with E-state index >= 15 is 0 Å². The van der Waals surface area contributed by atoms with Crippen LogP contribution in [0.25, 0.3) is 11.0 Å². The van der Waals surface area contributed by atoms with Crippen LogP contribution in [0.4, 0.5) is 17.1 Å². The fraction of sp³-hybridized carbons (Fsp3) is 0.527. The second-order valence-corrected chi connectivity index (χ2v) is 26.4. The van der Waals surface area contributed by atoms with E-state index in [1.54, 1.807) is 37.4 Å². The summed E-state index contributed by atoms with van der Waals surface area (Å²) in [7, 11) is -8.25. The lowest BCUT2D eigenvalue weighted by atomic mass is 9.59. The van der Waals surface area contributed by atoms with Gasteiger partial charge in [-0.3, -0.25) is 19.8 Å². The molecule has 5 fully saturated rings. The standard InChI is InChI=1S/C55H68N8O11S2/c1-34(2)41-8-5-6-9-42(41)45-10-7-22-61(45)39-30-55(31-39)19-24-60(25-20-55)37-11-12-43(47(27-37)74-49-26-36-15-21-56-51(36)58-53(49)73-32-38-16-23-62(38)75(4,68)69)52(64)59-76(70,71)40-28-46(63(66)67)50-48(29-40)72-33-44(57-50)35-13-17-54(3,65)18-14-35/h5-6,8-9,11-12,15,21,26-29,34-35,38-39,44-45,57,65H,7,10,13-14,16-20,22-25,30-33H2,1-4H3,(H,56,58)(H,59,64)/t35-,38-,44+,45-,54-/m0/s1. The number of ether oxygens (including phenoxy) is 3. The first-order valence-corrected chi connectivity index (χ1v) is 30.1. The summed E-state index contributed by atoms with van der Waals surface area (Å²) in [6, 6.07) is 19.7. The number of carbonyl (C=O) groups is 1. The van der Waals surface area contributed by atoms with Crippen LogP contribution in [0, 0.1) is 21.4 Å². The maximum Gasteiger partial charge on any atom is 0.297 e. The Hall–Kier alpha value is -6.00. The number of nitrogens with zero attached hydrogens (tertiary/aromatic N) is 5. The number of amides is 1. The first-order chi connectivity index (χ1) is 36.2. The molecule has 11 rings (SSSR count). The Morgan fingerprint density at radius 1 is 0.961 bits per heavy atom. The lowest BCUT2D eigenvalue weighted by Gasteiger charge is -2.56. The molecular weight excluding hydrogens is 1010 g/mol. The Morgan fingerprint density at radius 3 is 2.43 bits per heavy atom. The number of aromatic amines is 1. The van der Waals surface area contributed by atoms with Crippen LogP contribution in [0.3, 0.4) is 0 Å². The Labute approximate surface area is 443 Å². The molecule has 0 bridgehead atoms. The van der Waals surface area contributed by atoms with Crippen molar-refractivity contribution in [3.8, 4) is 23.1 Å². The normalized spacial score (nSPS) is 25.1. The molecule has 6 aliphatic rings. The largest absolute Gasteiger partial charge is 0.489 e. The zero-order valence-corrected chi connectivity index (χ0v) is 45.1. The minimum atomic E-state index is -4.78. The molecule has 0 radical (unpaired) electrons. The Kier molecular flexibility index (Phi) is 13.8. The van der Waals surface area contributed by atoms with Gasteiger partial charge >= 0.3 is 0 Å². The van der Waals surface area contributed by atoms with Crippen molar-refractivity contribution in [3.05, 3.63) is 99.7 Å². The van der Waals surface area contributed by atoms with E-state index in [2.05, 4.69) is 67.9 Å². The summed E-state index contributed by atoms with van der Waals surface area (Å²) in [5, 5.41) is 26.9. The van der Waals surface area contributed by atoms with E-state index in [1.807, 2.05) is 0 Å². The van der Waals surface area contributed by atoms with E-state index in [-0.39, 0.29) is 65.0 Å². The first kappa shape index (κ1) is 52.1. The fourth-order valence-corrected chi connectivity index (χ4v) is 15.0. The number of likely N-dealkylation sites (tertiary alicyclic amines) is 1. The molecule has 4 aliphatic heterocycles. The quantitative estimate of drug-likeness (QED) is 0.0567. The molecule has 19 nitrogen and oxygen atoms in total. The number of nitrogens with one attached hydrogen (secondary N) is 3. The Morgan fingerprint density at radius 2 is 1.72 bits per heavy atom. The highest BCUT2D eigenvalue weighted by Crippen LogP contribution is 2.55. The summed E-state index contributed by atoms with van der Waals surface area (Å²) in [5.41, 5.74) is 2.96. The second kappa shape index (κ2) is 20.1. The highest BCUT2D eigenvalue weighted by molar-refractivity contribution is 7.90. The third-order valence-corrected chi connectivity index (χ3v) is 19.9. The van der Waals surface area contributed by atoms with Crippen molar-refractivity contribution >= 4 is 54.0 Å². The van der Waals surface area contributed by atoms with Gasteiger partial charge in [0.05, 0.1) is 39.3 Å². The molecule has 1 spiro atoms. The SMILES string of the molecule is CC(C)c1ccccc1[C@@H]1CCCN1C1CC2(CCN(c3ccc(C(=O)NS(=O)(=O)c4cc5c(c([N+](=O)[O-])c4)N[C@@H]([C@H]4CC[C@](C)(O)CC4)CO5)c(Oc4cc5cc[nH]c5nc4OC[C@@H]4CCN4S(C)(=O)=O)c3)CC2)C1. The Balaban J connectivity index is 0.850. The van der Waals surface area contributed by atoms with Gasteiger partial charge < -0.3 is 34.5 Å². The average Bonchev–Trinajstić information content (AvgIpc) is 4.10. The number of benzene rings is 3. The van der Waals surface area contributed by atoms with E-state index in [0.717, 1.165) is 63.3 Å². The van der Waals surface area contributed by atoms with Crippen molar-refractivity contribution in [1.29, 1.82) is 0 Å². The number of H-pyrrole nitrogens is 1. The van der Waals surface area contributed by atoms with Gasteiger partial charge in [0.15, 0.2) is 17.2 Å². The molecule has 406 valence electrons. The van der Waals surface area contributed by atoms with E-state index < -0.39 is 53.1 Å². The highest BCUT2D eigenvalue weighted by atomic mass is 32.2. The van der Waals surface area contributed by atoms with Crippen molar-refractivity contribution in [2.45, 2.75) is 132 Å². The molecule has 6 heterocycles. The number of nitro groups is 1. The maximum absolute atomic E-state index is 14.5. The van der Waals surface area contributed by atoms with Gasteiger partial charge in [0.25, 0.3) is 27.5 Å². The molecule has 2 aliphatic carbocycles. The van der Waals surface area contributed by atoms with E-state index in [9.17, 15) is 36.9 Å². The molecule has 76 heavy (non-hydrogen) atoms. The number of fused-ring (bicyclic) bond motifs is 2. The molecule has 5 aromatic rings. The Bertz CT molecular complexity index is 3270. The van der Waals surface area contributed by atoms with Crippen molar-refractivity contribution in [1.82, 2.24) is 23.9 Å². The molecule has 21 heteroatoms. The second-order valence-electron chi connectivity index (χ2n) is 22.7. The van der Waals surface area contributed by atoms with E-state index in [4.69, 9.17) is 14.2 Å². The minimum absolute atomic E-state index is 0.00175. The van der Waals surface area contributed by atoms with Gasteiger partial charge in [0, 0.05) is 67.2 Å². The highest BCUT2D eigenvalue weighted by Gasteiger charge is 2.50. The molecule has 2 saturated carbocycles. The number of pyridine rings is 1. The fourth-order valence-electron chi connectivity index (χ4n) is 12.8. The van der Waals surface area contributed by atoms with Gasteiger partial charge in [-0.05, 0) is 137 Å². The van der Waals surface area contributed by atoms with Gasteiger partial charge in [-0.2, -0.15) is 9.29 Å². The molecular formula is C55H68N8O11S2. The number of anilines is 2. The smallest absolute Gasteiger partial charge is 0.297 e. The summed E-state index contributed by atoms with van der Waals surface area (Å²) >= 11 is 0. The van der Waals surface area contributed by atoms with Crippen LogP contribution in [0.2, 0.25) is 0 Å². The topological polar surface area (TPSA) is 239 Å². The summed E-state index contributed by atoms with van der Waals surface area (Å²) < 4.78 is 75.7. The van der Waals surface area contributed by atoms with Gasteiger partial charge in [-0.25, -0.2) is 21.6 Å². The summed E-state index contributed by atoms with van der Waals surface area (Å²) in [4.78, 5) is 38.6. The van der Waals surface area contributed by atoms with Crippen LogP contribution >= 0.6 is 0 Å². The molecule has 0 unspecified atom stereocenters. The van der Waals surface area contributed by atoms with Crippen molar-refractivity contribution in [2.24, 2.45) is 11.3 Å². The third-order valence-electron chi connectivity index (χ3n) is 17.3. The number of sulfonamides is 2. The number of piperidine rings is 1. The van der Waals surface area contributed by atoms with Crippen LogP contribution in [0.1, 0.15) is 125 Å². The van der Waals surface area contributed by atoms with Crippen LogP contribution in [-0.2, 0) is 20.0 Å². The molecule has 3 aromatic carbocycles. The number of hydrogen-bond acceptors (Lipinski definition) is 15. The first-order valence-electron chi connectivity index (χ1n) is 26.7. The molecule has 3 saturated heterocycles. The lowest BCUT2D eigenvalue weighted by Crippen LogP contribution is -2.54. The van der Waals surface area contributed by atoms with Crippen molar-refractivity contribution in [3.63, 3.8) is 0 Å². The van der Waals surface area contributed by atoms with Gasteiger partial charge in [0.2, 0.25) is 10.0 Å². The summed E-state index contributed by atoms with van der Waals surface area (Å²) in [6.07, 6.45) is 12.6. The molecule has 3 atom stereocenters.